The molecule has 2 aromatic rings. The number of carbonyl (C=O) groups is 1. The number of benzene rings is 2. The number of halogens is 1. The maximum atomic E-state index is 12.1. The zero-order valence-electron chi connectivity index (χ0n) is 10.9. The van der Waals surface area contributed by atoms with Crippen molar-refractivity contribution in [1.82, 2.24) is 5.32 Å². The van der Waals surface area contributed by atoms with E-state index in [1.54, 1.807) is 0 Å². The molecule has 0 saturated carbocycles. The molecule has 0 bridgehead atoms. The summed E-state index contributed by atoms with van der Waals surface area (Å²) in [5, 5.41) is 3.00. The van der Waals surface area contributed by atoms with Gasteiger partial charge in [-0.2, -0.15) is 0 Å². The summed E-state index contributed by atoms with van der Waals surface area (Å²) in [4.78, 5) is 12.1. The summed E-state index contributed by atoms with van der Waals surface area (Å²) >= 11 is 3.49. The summed E-state index contributed by atoms with van der Waals surface area (Å²) in [7, 11) is 0. The van der Waals surface area contributed by atoms with Crippen LogP contribution in [-0.2, 0) is 6.42 Å². The number of hydrogen-bond donors (Lipinski definition) is 1. The molecule has 0 aliphatic heterocycles. The lowest BCUT2D eigenvalue weighted by molar-refractivity contribution is 0.0965. The first-order chi connectivity index (χ1) is 9.72. The molecule has 0 spiro atoms. The van der Waals surface area contributed by atoms with E-state index in [-0.39, 0.29) is 5.91 Å². The fourth-order valence-corrected chi connectivity index (χ4v) is 2.78. The molecule has 0 aromatic heterocycles. The van der Waals surface area contributed by atoms with Crippen LogP contribution in [0.3, 0.4) is 0 Å². The summed E-state index contributed by atoms with van der Waals surface area (Å²) in [6.45, 7) is 0. The lowest BCUT2D eigenvalue weighted by Gasteiger charge is -2.17. The van der Waals surface area contributed by atoms with Gasteiger partial charge in [-0.15, -0.1) is 0 Å². The molecule has 3 heteroatoms. The number of rotatable bonds is 2. The van der Waals surface area contributed by atoms with Crippen LogP contribution >= 0.6 is 15.9 Å². The van der Waals surface area contributed by atoms with Crippen molar-refractivity contribution in [2.45, 2.75) is 12.8 Å². The first-order valence-electron chi connectivity index (χ1n) is 6.58. The summed E-state index contributed by atoms with van der Waals surface area (Å²) < 4.78 is 1.10. The van der Waals surface area contributed by atoms with E-state index in [2.05, 4.69) is 39.5 Å². The Hall–Kier alpha value is -1.87. The largest absolute Gasteiger partial charge is 0.326 e. The maximum Gasteiger partial charge on any atom is 0.255 e. The van der Waals surface area contributed by atoms with Crippen LogP contribution in [0.1, 0.15) is 27.9 Å². The molecule has 1 amide bonds. The van der Waals surface area contributed by atoms with E-state index in [1.165, 1.54) is 11.1 Å². The Morgan fingerprint density at radius 3 is 2.65 bits per heavy atom. The fraction of sp³-hybridized carbons (Fsp3) is 0.118. The number of hydrogen-bond acceptors (Lipinski definition) is 1. The number of carbonyl (C=O) groups excluding carboxylic acids is 1. The van der Waals surface area contributed by atoms with Crippen LogP contribution in [0.5, 0.6) is 0 Å². The number of nitrogens with one attached hydrogen (secondary N) is 1. The smallest absolute Gasteiger partial charge is 0.255 e. The minimum absolute atomic E-state index is 0.0441. The molecule has 1 aliphatic rings. The van der Waals surface area contributed by atoms with Gasteiger partial charge in [-0.1, -0.05) is 40.2 Å². The van der Waals surface area contributed by atoms with E-state index >= 15 is 0 Å². The normalized spacial score (nSPS) is 13.3. The van der Waals surface area contributed by atoms with Crippen molar-refractivity contribution in [3.05, 3.63) is 75.4 Å². The van der Waals surface area contributed by atoms with Gasteiger partial charge in [-0.05, 0) is 54.3 Å². The SMILES string of the molecule is O=C(NC1=Cc2ccc(Br)cc2CC1)c1ccccc1. The molecule has 0 heterocycles. The molecule has 20 heavy (non-hydrogen) atoms. The van der Waals surface area contributed by atoms with Crippen LogP contribution in [-0.4, -0.2) is 5.91 Å². The van der Waals surface area contributed by atoms with Crippen molar-refractivity contribution in [1.29, 1.82) is 0 Å². The molecule has 2 aromatic carbocycles. The Balaban J connectivity index is 1.79. The minimum atomic E-state index is -0.0441. The fourth-order valence-electron chi connectivity index (χ4n) is 2.37. The quantitative estimate of drug-likeness (QED) is 0.881. The lowest BCUT2D eigenvalue weighted by atomic mass is 9.95. The van der Waals surface area contributed by atoms with Gasteiger partial charge in [0.2, 0.25) is 0 Å². The van der Waals surface area contributed by atoms with E-state index in [1.807, 2.05) is 36.4 Å². The van der Waals surface area contributed by atoms with Crippen LogP contribution in [0.15, 0.2) is 58.7 Å². The maximum absolute atomic E-state index is 12.1. The summed E-state index contributed by atoms with van der Waals surface area (Å²) in [5.74, 6) is -0.0441. The molecular weight excluding hydrogens is 314 g/mol. The molecule has 1 aliphatic carbocycles. The summed E-state index contributed by atoms with van der Waals surface area (Å²) in [6.07, 6.45) is 3.88. The van der Waals surface area contributed by atoms with E-state index in [0.717, 1.165) is 23.0 Å². The van der Waals surface area contributed by atoms with E-state index in [9.17, 15) is 4.79 Å². The number of fused-ring (bicyclic) bond motifs is 1. The van der Waals surface area contributed by atoms with Crippen molar-refractivity contribution in [3.63, 3.8) is 0 Å². The number of aryl methyl sites for hydroxylation is 1. The highest BCUT2D eigenvalue weighted by atomic mass is 79.9. The first-order valence-corrected chi connectivity index (χ1v) is 7.37. The van der Waals surface area contributed by atoms with Crippen LogP contribution in [0.4, 0.5) is 0 Å². The highest BCUT2D eigenvalue weighted by Crippen LogP contribution is 2.25. The van der Waals surface area contributed by atoms with Crippen molar-refractivity contribution in [3.8, 4) is 0 Å². The Kier molecular flexibility index (Phi) is 3.70. The number of amides is 1. The monoisotopic (exact) mass is 327 g/mol. The van der Waals surface area contributed by atoms with Gasteiger partial charge < -0.3 is 5.32 Å². The standard InChI is InChI=1S/C17H14BrNO/c18-15-8-6-14-11-16(9-7-13(14)10-15)19-17(20)12-4-2-1-3-5-12/h1-6,8,10-11H,7,9H2,(H,19,20). The Bertz CT molecular complexity index is 677. The van der Waals surface area contributed by atoms with Crippen molar-refractivity contribution < 1.29 is 4.79 Å². The van der Waals surface area contributed by atoms with Gasteiger partial charge in [0, 0.05) is 15.7 Å². The molecule has 0 atom stereocenters. The van der Waals surface area contributed by atoms with Gasteiger partial charge in [0.05, 0.1) is 0 Å². The predicted octanol–water partition coefficient (Wildman–Crippen LogP) is 4.17. The van der Waals surface area contributed by atoms with Crippen molar-refractivity contribution in [2.24, 2.45) is 0 Å². The van der Waals surface area contributed by atoms with E-state index in [0.29, 0.717) is 5.56 Å². The first kappa shape index (κ1) is 13.1. The summed E-state index contributed by atoms with van der Waals surface area (Å²) in [5.41, 5.74) is 4.17. The molecular formula is C17H14BrNO. The third kappa shape index (κ3) is 2.83. The highest BCUT2D eigenvalue weighted by Gasteiger charge is 2.13. The van der Waals surface area contributed by atoms with Crippen LogP contribution < -0.4 is 5.32 Å². The molecule has 3 rings (SSSR count). The van der Waals surface area contributed by atoms with Gasteiger partial charge >= 0.3 is 0 Å². The predicted molar refractivity (Wildman–Crippen MR) is 84.3 cm³/mol. The third-order valence-electron chi connectivity index (χ3n) is 3.41. The lowest BCUT2D eigenvalue weighted by Crippen LogP contribution is -2.24. The molecule has 0 saturated heterocycles. The molecule has 2 nitrogen and oxygen atoms in total. The average molecular weight is 328 g/mol. The molecule has 1 N–H and O–H groups in total. The van der Waals surface area contributed by atoms with Gasteiger partial charge in [-0.25, -0.2) is 0 Å². The molecule has 0 unspecified atom stereocenters. The minimum Gasteiger partial charge on any atom is -0.326 e. The van der Waals surface area contributed by atoms with Gasteiger partial charge in [-0.3, -0.25) is 4.79 Å². The van der Waals surface area contributed by atoms with E-state index < -0.39 is 0 Å². The van der Waals surface area contributed by atoms with Crippen LogP contribution in [0.25, 0.3) is 6.08 Å². The van der Waals surface area contributed by atoms with Crippen molar-refractivity contribution in [2.75, 3.05) is 0 Å². The highest BCUT2D eigenvalue weighted by molar-refractivity contribution is 9.10. The topological polar surface area (TPSA) is 29.1 Å². The van der Waals surface area contributed by atoms with Gasteiger partial charge in [0.15, 0.2) is 0 Å². The second-order valence-electron chi connectivity index (χ2n) is 4.83. The zero-order valence-corrected chi connectivity index (χ0v) is 12.5. The van der Waals surface area contributed by atoms with E-state index in [4.69, 9.17) is 0 Å². The van der Waals surface area contributed by atoms with Crippen LogP contribution in [0, 0.1) is 0 Å². The Labute approximate surface area is 126 Å². The molecule has 0 radical (unpaired) electrons. The Morgan fingerprint density at radius 2 is 1.85 bits per heavy atom. The second-order valence-corrected chi connectivity index (χ2v) is 5.75. The zero-order chi connectivity index (χ0) is 13.9. The third-order valence-corrected chi connectivity index (χ3v) is 3.90. The molecule has 0 fully saturated rings. The Morgan fingerprint density at radius 1 is 1.05 bits per heavy atom. The summed E-state index contributed by atoms with van der Waals surface area (Å²) in [6, 6.07) is 15.5. The van der Waals surface area contributed by atoms with Crippen LogP contribution in [0.2, 0.25) is 0 Å². The van der Waals surface area contributed by atoms with Gasteiger partial charge in [0.1, 0.15) is 0 Å². The van der Waals surface area contributed by atoms with Gasteiger partial charge in [0.25, 0.3) is 5.91 Å². The average Bonchev–Trinajstić information content (AvgIpc) is 2.48. The van der Waals surface area contributed by atoms with Crippen molar-refractivity contribution >= 4 is 27.9 Å². The number of allylic oxidation sites excluding steroid dienone is 1. The molecule has 100 valence electrons. The second kappa shape index (κ2) is 5.63.